The van der Waals surface area contributed by atoms with Gasteiger partial charge in [-0.2, -0.15) is 0 Å². The first-order chi connectivity index (χ1) is 13.4. The quantitative estimate of drug-likeness (QED) is 0.502. The van der Waals surface area contributed by atoms with E-state index < -0.39 is 21.9 Å². The highest BCUT2D eigenvalue weighted by Gasteiger charge is 2.23. The number of ether oxygens (including phenoxy) is 1. The zero-order valence-electron chi connectivity index (χ0n) is 15.2. The molecule has 0 amide bonds. The van der Waals surface area contributed by atoms with Gasteiger partial charge in [-0.3, -0.25) is 24.0 Å². The van der Waals surface area contributed by atoms with Crippen molar-refractivity contribution in [2.24, 2.45) is 14.1 Å². The Bertz CT molecular complexity index is 1180. The van der Waals surface area contributed by atoms with Crippen LogP contribution in [0.25, 0.3) is 12.2 Å². The molecule has 0 radical (unpaired) electrons. The molecule has 0 spiro atoms. The number of aromatic nitrogens is 2. The van der Waals surface area contributed by atoms with E-state index in [0.29, 0.717) is 21.6 Å². The van der Waals surface area contributed by atoms with Crippen LogP contribution in [0.5, 0.6) is 11.5 Å². The van der Waals surface area contributed by atoms with E-state index in [4.69, 9.17) is 4.74 Å². The molecule has 0 aliphatic carbocycles. The van der Waals surface area contributed by atoms with E-state index in [2.05, 4.69) is 0 Å². The van der Waals surface area contributed by atoms with Gasteiger partial charge in [0.15, 0.2) is 0 Å². The third-order valence-electron chi connectivity index (χ3n) is 4.14. The van der Waals surface area contributed by atoms with Crippen molar-refractivity contribution in [1.29, 1.82) is 0 Å². The van der Waals surface area contributed by atoms with Crippen LogP contribution in [0.3, 0.4) is 0 Å². The van der Waals surface area contributed by atoms with Gasteiger partial charge in [0.2, 0.25) is 0 Å². The van der Waals surface area contributed by atoms with Crippen LogP contribution in [0, 0.1) is 10.1 Å². The first-order valence-corrected chi connectivity index (χ1v) is 8.34. The molecule has 3 aromatic rings. The molecule has 0 aliphatic heterocycles. The van der Waals surface area contributed by atoms with Gasteiger partial charge in [-0.05, 0) is 35.9 Å². The highest BCUT2D eigenvalue weighted by Crippen LogP contribution is 2.23. The lowest BCUT2D eigenvalue weighted by Gasteiger charge is -2.07. The number of para-hydroxylation sites is 1. The predicted molar refractivity (Wildman–Crippen MR) is 105 cm³/mol. The van der Waals surface area contributed by atoms with Crippen molar-refractivity contribution in [2.75, 3.05) is 0 Å². The van der Waals surface area contributed by atoms with E-state index in [1.165, 1.54) is 20.2 Å². The molecular formula is C20H17N3O5. The van der Waals surface area contributed by atoms with Gasteiger partial charge in [0.1, 0.15) is 17.2 Å². The second-order valence-electron chi connectivity index (χ2n) is 6.02. The number of hydrogen-bond donors (Lipinski definition) is 0. The Labute approximate surface area is 159 Å². The van der Waals surface area contributed by atoms with Gasteiger partial charge in [-0.15, -0.1) is 0 Å². The summed E-state index contributed by atoms with van der Waals surface area (Å²) < 4.78 is 7.54. The van der Waals surface area contributed by atoms with Crippen LogP contribution < -0.4 is 16.0 Å². The third-order valence-corrected chi connectivity index (χ3v) is 4.14. The molecule has 0 unspecified atom stereocenters. The Kier molecular flexibility index (Phi) is 5.21. The van der Waals surface area contributed by atoms with Crippen molar-refractivity contribution in [1.82, 2.24) is 9.13 Å². The molecule has 0 atom stereocenters. The van der Waals surface area contributed by atoms with Crippen molar-refractivity contribution < 1.29 is 9.66 Å². The van der Waals surface area contributed by atoms with Crippen molar-refractivity contribution >= 4 is 17.8 Å². The van der Waals surface area contributed by atoms with Crippen molar-refractivity contribution in [3.8, 4) is 11.5 Å². The number of nitrogens with zero attached hydrogens (tertiary/aromatic N) is 3. The molecule has 1 aromatic heterocycles. The summed E-state index contributed by atoms with van der Waals surface area (Å²) in [6, 6.07) is 16.3. The number of benzene rings is 2. The van der Waals surface area contributed by atoms with E-state index in [0.717, 1.165) is 4.57 Å². The van der Waals surface area contributed by atoms with Gasteiger partial charge < -0.3 is 4.74 Å². The Balaban J connectivity index is 1.99. The number of rotatable bonds is 5. The molecule has 3 rings (SSSR count). The van der Waals surface area contributed by atoms with E-state index in [1.54, 1.807) is 30.3 Å². The molecule has 0 aliphatic rings. The van der Waals surface area contributed by atoms with Crippen LogP contribution in [0.4, 0.5) is 5.69 Å². The van der Waals surface area contributed by atoms with Crippen LogP contribution in [0.2, 0.25) is 0 Å². The van der Waals surface area contributed by atoms with Crippen LogP contribution in [-0.4, -0.2) is 14.1 Å². The molecule has 0 fully saturated rings. The maximum absolute atomic E-state index is 12.1. The number of nitro groups is 1. The fourth-order valence-electron chi connectivity index (χ4n) is 2.69. The first kappa shape index (κ1) is 18.8. The molecule has 0 saturated carbocycles. The van der Waals surface area contributed by atoms with E-state index in [9.17, 15) is 19.7 Å². The van der Waals surface area contributed by atoms with Crippen molar-refractivity contribution in [3.63, 3.8) is 0 Å². The smallest absolute Gasteiger partial charge is 0.357 e. The van der Waals surface area contributed by atoms with Crippen LogP contribution in [0.1, 0.15) is 11.3 Å². The standard InChI is InChI=1S/C20H17N3O5/c1-21-17(18(23(26)27)19(24)22(2)20(21)25)12-11-14-7-6-10-16(13-14)28-15-8-4-3-5-9-15/h3-13H,1-2H3. The molecule has 28 heavy (non-hydrogen) atoms. The lowest BCUT2D eigenvalue weighted by Crippen LogP contribution is -2.39. The summed E-state index contributed by atoms with van der Waals surface area (Å²) in [5, 5.41) is 11.3. The minimum atomic E-state index is -0.950. The van der Waals surface area contributed by atoms with Gasteiger partial charge in [-0.25, -0.2) is 4.79 Å². The molecule has 142 valence electrons. The van der Waals surface area contributed by atoms with E-state index in [-0.39, 0.29) is 5.69 Å². The zero-order valence-corrected chi connectivity index (χ0v) is 15.2. The summed E-state index contributed by atoms with van der Waals surface area (Å²) in [4.78, 5) is 34.8. The Morgan fingerprint density at radius 3 is 2.29 bits per heavy atom. The molecular weight excluding hydrogens is 362 g/mol. The summed E-state index contributed by atoms with van der Waals surface area (Å²) in [6.45, 7) is 0. The SMILES string of the molecule is Cn1c(C=Cc2cccc(Oc3ccccc3)c2)c([N+](=O)[O-])c(=O)n(C)c1=O. The minimum Gasteiger partial charge on any atom is -0.457 e. The molecule has 0 saturated heterocycles. The molecule has 0 bridgehead atoms. The topological polar surface area (TPSA) is 96.4 Å². The monoisotopic (exact) mass is 379 g/mol. The minimum absolute atomic E-state index is 0.0764. The summed E-state index contributed by atoms with van der Waals surface area (Å²) in [5.41, 5.74) is -1.63. The average molecular weight is 379 g/mol. The van der Waals surface area contributed by atoms with E-state index >= 15 is 0 Å². The molecule has 1 heterocycles. The Hall–Kier alpha value is -3.94. The van der Waals surface area contributed by atoms with Gasteiger partial charge in [0.25, 0.3) is 0 Å². The molecule has 8 heteroatoms. The first-order valence-electron chi connectivity index (χ1n) is 8.34. The second-order valence-corrected chi connectivity index (χ2v) is 6.02. The average Bonchev–Trinajstić information content (AvgIpc) is 2.69. The van der Waals surface area contributed by atoms with Crippen LogP contribution in [-0.2, 0) is 14.1 Å². The lowest BCUT2D eigenvalue weighted by molar-refractivity contribution is -0.387. The highest BCUT2D eigenvalue weighted by atomic mass is 16.6. The van der Waals surface area contributed by atoms with Gasteiger partial charge in [0.05, 0.1) is 4.92 Å². The molecule has 2 aromatic carbocycles. The maximum atomic E-state index is 12.1. The fourth-order valence-corrected chi connectivity index (χ4v) is 2.69. The summed E-state index contributed by atoms with van der Waals surface area (Å²) in [5.74, 6) is 1.26. The fraction of sp³-hybridized carbons (Fsp3) is 0.100. The largest absolute Gasteiger partial charge is 0.457 e. The highest BCUT2D eigenvalue weighted by molar-refractivity contribution is 5.72. The summed E-state index contributed by atoms with van der Waals surface area (Å²) in [6.07, 6.45) is 2.96. The van der Waals surface area contributed by atoms with Gasteiger partial charge in [-0.1, -0.05) is 36.4 Å². The zero-order chi connectivity index (χ0) is 20.3. The predicted octanol–water partition coefficient (Wildman–Crippen LogP) is 2.95. The maximum Gasteiger partial charge on any atom is 0.357 e. The van der Waals surface area contributed by atoms with Gasteiger partial charge >= 0.3 is 16.9 Å². The Morgan fingerprint density at radius 2 is 1.61 bits per heavy atom. The Morgan fingerprint density at radius 1 is 0.929 bits per heavy atom. The third kappa shape index (κ3) is 3.75. The molecule has 0 N–H and O–H groups in total. The van der Waals surface area contributed by atoms with Crippen LogP contribution >= 0.6 is 0 Å². The molecule has 8 nitrogen and oxygen atoms in total. The van der Waals surface area contributed by atoms with Crippen molar-refractivity contribution in [2.45, 2.75) is 0 Å². The summed E-state index contributed by atoms with van der Waals surface area (Å²) in [7, 11) is 2.58. The summed E-state index contributed by atoms with van der Waals surface area (Å²) >= 11 is 0. The normalized spacial score (nSPS) is 10.9. The van der Waals surface area contributed by atoms with Crippen molar-refractivity contribution in [3.05, 3.63) is 96.8 Å². The van der Waals surface area contributed by atoms with Crippen LogP contribution in [0.15, 0.2) is 64.2 Å². The van der Waals surface area contributed by atoms with Gasteiger partial charge in [0, 0.05) is 14.1 Å². The lowest BCUT2D eigenvalue weighted by atomic mass is 10.1. The number of hydrogen-bond acceptors (Lipinski definition) is 5. The van der Waals surface area contributed by atoms with E-state index in [1.807, 2.05) is 30.3 Å². The second kappa shape index (κ2) is 7.75.